The molecule has 1 atom stereocenters. The molecule has 7 nitrogen and oxygen atoms in total. The third-order valence-electron chi connectivity index (χ3n) is 5.19. The number of carbonyl (C=O) groups is 1. The van der Waals surface area contributed by atoms with Crippen LogP contribution in [-0.4, -0.2) is 51.8 Å². The molecule has 10 heteroatoms. The normalized spacial score (nSPS) is 16.9. The van der Waals surface area contributed by atoms with Gasteiger partial charge in [-0.25, -0.2) is 9.48 Å². The van der Waals surface area contributed by atoms with Gasteiger partial charge in [-0.1, -0.05) is 12.1 Å². The molecule has 1 aromatic carbocycles. The summed E-state index contributed by atoms with van der Waals surface area (Å²) in [6, 6.07) is 4.49. The van der Waals surface area contributed by atoms with E-state index in [0.717, 1.165) is 24.5 Å². The molecule has 0 spiro atoms. The molecule has 1 unspecified atom stereocenters. The Labute approximate surface area is 172 Å². The third kappa shape index (κ3) is 5.50. The summed E-state index contributed by atoms with van der Waals surface area (Å²) >= 11 is 0. The van der Waals surface area contributed by atoms with E-state index >= 15 is 0 Å². The van der Waals surface area contributed by atoms with Crippen LogP contribution in [0.1, 0.15) is 29.8 Å². The molecule has 1 N–H and O–H groups in total. The number of alkyl halides is 3. The van der Waals surface area contributed by atoms with Crippen molar-refractivity contribution in [2.45, 2.75) is 51.0 Å². The number of amides is 1. The summed E-state index contributed by atoms with van der Waals surface area (Å²) in [4.78, 5) is 26.8. The van der Waals surface area contributed by atoms with Crippen LogP contribution in [0.4, 0.5) is 13.2 Å². The molecule has 0 fully saturated rings. The highest BCUT2D eigenvalue weighted by molar-refractivity contribution is 5.78. The summed E-state index contributed by atoms with van der Waals surface area (Å²) in [7, 11) is 3.87. The van der Waals surface area contributed by atoms with Crippen molar-refractivity contribution in [3.63, 3.8) is 0 Å². The molecule has 2 heterocycles. The van der Waals surface area contributed by atoms with Gasteiger partial charge in [0.25, 0.3) is 0 Å². The summed E-state index contributed by atoms with van der Waals surface area (Å²) in [5.74, 6) is 0.473. The Kier molecular flexibility index (Phi) is 6.64. The van der Waals surface area contributed by atoms with Crippen molar-refractivity contribution in [1.29, 1.82) is 0 Å². The van der Waals surface area contributed by atoms with E-state index in [-0.39, 0.29) is 24.1 Å². The fourth-order valence-electron chi connectivity index (χ4n) is 3.49. The standard InChI is InChI=1S/C20H26F3N5O2/c1-26(2)11-12-28-19(30)27-10-9-16(7-8-17(27)25-28)24-18(29)13-14-3-5-15(6-4-14)20(21,22)23/h3-6,16H,7-13H2,1-2H3,(H,24,29). The van der Waals surface area contributed by atoms with E-state index in [2.05, 4.69) is 10.4 Å². The van der Waals surface area contributed by atoms with Crippen molar-refractivity contribution in [2.75, 3.05) is 20.6 Å². The summed E-state index contributed by atoms with van der Waals surface area (Å²) in [6.45, 7) is 1.72. The first-order chi connectivity index (χ1) is 14.1. The number of nitrogens with one attached hydrogen (secondary N) is 1. The second-order valence-electron chi connectivity index (χ2n) is 7.84. The number of fused-ring (bicyclic) bond motifs is 1. The van der Waals surface area contributed by atoms with Gasteiger partial charge in [-0.15, -0.1) is 0 Å². The lowest BCUT2D eigenvalue weighted by molar-refractivity contribution is -0.137. The quantitative estimate of drug-likeness (QED) is 0.765. The molecule has 2 aromatic rings. The van der Waals surface area contributed by atoms with E-state index in [1.165, 1.54) is 16.8 Å². The Hall–Kier alpha value is -2.62. The van der Waals surface area contributed by atoms with Gasteiger partial charge in [-0.05, 0) is 44.6 Å². The van der Waals surface area contributed by atoms with Gasteiger partial charge >= 0.3 is 11.9 Å². The van der Waals surface area contributed by atoms with Gasteiger partial charge in [0.15, 0.2) is 0 Å². The summed E-state index contributed by atoms with van der Waals surface area (Å²) in [5, 5.41) is 7.36. The maximum Gasteiger partial charge on any atom is 0.416 e. The summed E-state index contributed by atoms with van der Waals surface area (Å²) < 4.78 is 41.1. The van der Waals surface area contributed by atoms with E-state index in [1.54, 1.807) is 4.57 Å². The van der Waals surface area contributed by atoms with Crippen LogP contribution in [0.15, 0.2) is 29.1 Å². The molecule has 0 saturated heterocycles. The van der Waals surface area contributed by atoms with Crippen LogP contribution >= 0.6 is 0 Å². The van der Waals surface area contributed by atoms with E-state index in [9.17, 15) is 22.8 Å². The number of aryl methyl sites for hydroxylation is 1. The Bertz CT molecular complexity index is 931. The number of aromatic nitrogens is 3. The van der Waals surface area contributed by atoms with Gasteiger partial charge in [-0.3, -0.25) is 9.36 Å². The smallest absolute Gasteiger partial charge is 0.353 e. The Morgan fingerprint density at radius 1 is 1.23 bits per heavy atom. The molecule has 0 saturated carbocycles. The van der Waals surface area contributed by atoms with Crippen molar-refractivity contribution < 1.29 is 18.0 Å². The third-order valence-corrected chi connectivity index (χ3v) is 5.19. The Balaban J connectivity index is 1.54. The molecule has 30 heavy (non-hydrogen) atoms. The molecule has 0 bridgehead atoms. The zero-order valence-electron chi connectivity index (χ0n) is 17.1. The van der Waals surface area contributed by atoms with Crippen molar-refractivity contribution in [1.82, 2.24) is 24.6 Å². The number of likely N-dealkylation sites (N-methyl/N-ethyl adjacent to an activating group) is 1. The summed E-state index contributed by atoms with van der Waals surface area (Å²) in [6.07, 6.45) is -2.55. The topological polar surface area (TPSA) is 72.2 Å². The molecule has 0 aliphatic carbocycles. The van der Waals surface area contributed by atoms with Gasteiger partial charge in [0, 0.05) is 25.6 Å². The van der Waals surface area contributed by atoms with Crippen LogP contribution in [0.3, 0.4) is 0 Å². The van der Waals surface area contributed by atoms with Gasteiger partial charge in [-0.2, -0.15) is 18.3 Å². The lowest BCUT2D eigenvalue weighted by Gasteiger charge is -2.16. The second kappa shape index (κ2) is 9.03. The average molecular weight is 425 g/mol. The van der Waals surface area contributed by atoms with Crippen LogP contribution in [0.5, 0.6) is 0 Å². The first-order valence-corrected chi connectivity index (χ1v) is 9.90. The number of hydrogen-bond acceptors (Lipinski definition) is 4. The highest BCUT2D eigenvalue weighted by Crippen LogP contribution is 2.29. The van der Waals surface area contributed by atoms with E-state index < -0.39 is 11.7 Å². The molecular weight excluding hydrogens is 399 g/mol. The zero-order valence-corrected chi connectivity index (χ0v) is 17.1. The van der Waals surface area contributed by atoms with Crippen LogP contribution in [-0.2, 0) is 36.9 Å². The molecule has 1 aliphatic rings. The zero-order chi connectivity index (χ0) is 21.9. The second-order valence-corrected chi connectivity index (χ2v) is 7.84. The number of hydrogen-bond donors (Lipinski definition) is 1. The molecular formula is C20H26F3N5O2. The number of benzene rings is 1. The van der Waals surface area contributed by atoms with Gasteiger partial charge in [0.1, 0.15) is 5.82 Å². The van der Waals surface area contributed by atoms with Gasteiger partial charge in [0.05, 0.1) is 18.5 Å². The minimum absolute atomic E-state index is 0.0105. The van der Waals surface area contributed by atoms with Gasteiger partial charge < -0.3 is 10.2 Å². The Morgan fingerprint density at radius 2 is 1.93 bits per heavy atom. The number of carbonyl (C=O) groups excluding carboxylic acids is 1. The predicted octanol–water partition coefficient (Wildman–Crippen LogP) is 1.69. The fourth-order valence-corrected chi connectivity index (χ4v) is 3.49. The minimum Gasteiger partial charge on any atom is -0.353 e. The largest absolute Gasteiger partial charge is 0.416 e. The maximum absolute atomic E-state index is 12.6. The maximum atomic E-state index is 12.6. The van der Waals surface area contributed by atoms with Crippen molar-refractivity contribution in [2.24, 2.45) is 0 Å². The molecule has 164 valence electrons. The average Bonchev–Trinajstić information content (AvgIpc) is 2.82. The van der Waals surface area contributed by atoms with Crippen molar-refractivity contribution >= 4 is 5.91 Å². The molecule has 3 rings (SSSR count). The number of nitrogens with zero attached hydrogens (tertiary/aromatic N) is 4. The SMILES string of the molecule is CN(C)CCn1nc2n(c1=O)CCC(NC(=O)Cc1ccc(C(F)(F)F)cc1)CC2. The van der Waals surface area contributed by atoms with Gasteiger partial charge in [0.2, 0.25) is 5.91 Å². The minimum atomic E-state index is -4.39. The lowest BCUT2D eigenvalue weighted by atomic mass is 10.1. The highest BCUT2D eigenvalue weighted by Gasteiger charge is 2.30. The highest BCUT2D eigenvalue weighted by atomic mass is 19.4. The van der Waals surface area contributed by atoms with E-state index in [0.29, 0.717) is 37.9 Å². The predicted molar refractivity (Wildman–Crippen MR) is 105 cm³/mol. The van der Waals surface area contributed by atoms with Crippen LogP contribution in [0, 0.1) is 0 Å². The molecule has 1 aromatic heterocycles. The van der Waals surface area contributed by atoms with E-state index in [1.807, 2.05) is 19.0 Å². The fraction of sp³-hybridized carbons (Fsp3) is 0.550. The molecule has 0 radical (unpaired) electrons. The van der Waals surface area contributed by atoms with Crippen molar-refractivity contribution in [3.8, 4) is 0 Å². The van der Waals surface area contributed by atoms with Crippen LogP contribution < -0.4 is 11.0 Å². The van der Waals surface area contributed by atoms with Crippen LogP contribution in [0.2, 0.25) is 0 Å². The number of halogens is 3. The first kappa shape index (κ1) is 22.1. The first-order valence-electron chi connectivity index (χ1n) is 9.90. The van der Waals surface area contributed by atoms with Crippen LogP contribution in [0.25, 0.3) is 0 Å². The summed E-state index contributed by atoms with van der Waals surface area (Å²) in [5.41, 5.74) is -0.351. The number of rotatable bonds is 6. The van der Waals surface area contributed by atoms with Crippen molar-refractivity contribution in [3.05, 3.63) is 51.7 Å². The molecule has 1 aliphatic heterocycles. The lowest BCUT2D eigenvalue weighted by Crippen LogP contribution is -2.37. The van der Waals surface area contributed by atoms with E-state index in [4.69, 9.17) is 0 Å². The monoisotopic (exact) mass is 425 g/mol. The molecule has 1 amide bonds. The Morgan fingerprint density at radius 3 is 2.57 bits per heavy atom.